The van der Waals surface area contributed by atoms with Crippen molar-refractivity contribution >= 4 is 23.3 Å². The maximum atomic E-state index is 12.7. The third-order valence-corrected chi connectivity index (χ3v) is 4.49. The van der Waals surface area contributed by atoms with Gasteiger partial charge >= 0.3 is 0 Å². The van der Waals surface area contributed by atoms with Gasteiger partial charge in [0.15, 0.2) is 0 Å². The predicted molar refractivity (Wildman–Crippen MR) is 112 cm³/mol. The number of carbonyl (C=O) groups excluding carboxylic acids is 1. The molecule has 0 aliphatic heterocycles. The van der Waals surface area contributed by atoms with E-state index in [0.717, 1.165) is 11.4 Å². The lowest BCUT2D eigenvalue weighted by molar-refractivity contribution is 0.102. The number of rotatable bonds is 4. The van der Waals surface area contributed by atoms with Crippen LogP contribution in [-0.2, 0) is 0 Å². The highest BCUT2D eigenvalue weighted by Crippen LogP contribution is 2.19. The van der Waals surface area contributed by atoms with Crippen molar-refractivity contribution in [2.45, 2.75) is 6.92 Å². The van der Waals surface area contributed by atoms with Gasteiger partial charge in [-0.05, 0) is 43.3 Å². The van der Waals surface area contributed by atoms with Crippen molar-refractivity contribution in [3.8, 4) is 17.1 Å². The second-order valence-electron chi connectivity index (χ2n) is 6.35. The number of hydrogen-bond donors (Lipinski definition) is 2. The smallest absolute Gasteiger partial charge is 0.264 e. The lowest BCUT2D eigenvalue weighted by Gasteiger charge is -2.09. The van der Waals surface area contributed by atoms with Crippen molar-refractivity contribution in [1.29, 1.82) is 0 Å². The molecular weight excluding hydrogens is 390 g/mol. The summed E-state index contributed by atoms with van der Waals surface area (Å²) in [6.07, 6.45) is 1.26. The molecule has 1 amide bonds. The second-order valence-corrected chi connectivity index (χ2v) is 6.79. The van der Waals surface area contributed by atoms with Gasteiger partial charge in [-0.3, -0.25) is 9.59 Å². The molecule has 0 bridgehead atoms. The number of halogens is 1. The van der Waals surface area contributed by atoms with E-state index in [4.69, 9.17) is 11.6 Å². The molecule has 0 radical (unpaired) electrons. The standard InChI is InChI=1S/C21H16ClN5O2/c1-13-11-18(27(26-13)16-5-3-2-4-6-16)24-20(28)17-12-23-19(25-21(17)29)14-7-9-15(22)10-8-14/h2-12H,1H3,(H,24,28)(H,23,25,29). The van der Waals surface area contributed by atoms with Gasteiger partial charge in [0, 0.05) is 22.8 Å². The molecule has 0 aliphatic rings. The van der Waals surface area contributed by atoms with E-state index in [9.17, 15) is 9.59 Å². The van der Waals surface area contributed by atoms with Crippen LogP contribution in [0.15, 0.2) is 71.7 Å². The number of nitrogens with zero attached hydrogens (tertiary/aromatic N) is 3. The third kappa shape index (κ3) is 3.95. The van der Waals surface area contributed by atoms with E-state index in [1.165, 1.54) is 6.20 Å². The van der Waals surface area contributed by atoms with E-state index in [2.05, 4.69) is 20.4 Å². The first-order valence-electron chi connectivity index (χ1n) is 8.80. The van der Waals surface area contributed by atoms with E-state index in [0.29, 0.717) is 22.2 Å². The Morgan fingerprint density at radius 3 is 2.52 bits per heavy atom. The van der Waals surface area contributed by atoms with Crippen LogP contribution in [0.4, 0.5) is 5.82 Å². The zero-order chi connectivity index (χ0) is 20.4. The number of aromatic nitrogens is 4. The van der Waals surface area contributed by atoms with Crippen LogP contribution < -0.4 is 10.9 Å². The molecule has 0 saturated carbocycles. The van der Waals surface area contributed by atoms with E-state index in [1.54, 1.807) is 35.0 Å². The minimum Gasteiger partial charge on any atom is -0.306 e. The van der Waals surface area contributed by atoms with Crippen LogP contribution in [0, 0.1) is 6.92 Å². The number of benzene rings is 2. The fourth-order valence-corrected chi connectivity index (χ4v) is 2.98. The molecule has 4 rings (SSSR count). The summed E-state index contributed by atoms with van der Waals surface area (Å²) >= 11 is 5.88. The molecular formula is C21H16ClN5O2. The molecule has 2 heterocycles. The molecule has 29 heavy (non-hydrogen) atoms. The summed E-state index contributed by atoms with van der Waals surface area (Å²) in [6.45, 7) is 1.82. The molecule has 2 aromatic heterocycles. The van der Waals surface area contributed by atoms with Crippen LogP contribution in [0.1, 0.15) is 16.1 Å². The van der Waals surface area contributed by atoms with Gasteiger partial charge in [-0.2, -0.15) is 5.10 Å². The Balaban J connectivity index is 1.62. The van der Waals surface area contributed by atoms with Crippen molar-refractivity contribution in [2.75, 3.05) is 5.32 Å². The van der Waals surface area contributed by atoms with Crippen molar-refractivity contribution in [3.63, 3.8) is 0 Å². The summed E-state index contributed by atoms with van der Waals surface area (Å²) in [4.78, 5) is 32.0. The number of aromatic amines is 1. The topological polar surface area (TPSA) is 92.7 Å². The number of carbonyl (C=O) groups is 1. The van der Waals surface area contributed by atoms with Crippen molar-refractivity contribution in [3.05, 3.63) is 93.5 Å². The Kier molecular flexibility index (Phi) is 4.97. The van der Waals surface area contributed by atoms with Crippen LogP contribution in [-0.4, -0.2) is 25.7 Å². The molecule has 0 atom stereocenters. The Morgan fingerprint density at radius 2 is 1.83 bits per heavy atom. The summed E-state index contributed by atoms with van der Waals surface area (Å²) in [6, 6.07) is 18.0. The maximum absolute atomic E-state index is 12.7. The average molecular weight is 406 g/mol. The number of aryl methyl sites for hydroxylation is 1. The molecule has 4 aromatic rings. The zero-order valence-corrected chi connectivity index (χ0v) is 16.1. The molecule has 0 spiro atoms. The fraction of sp³-hybridized carbons (Fsp3) is 0.0476. The van der Waals surface area contributed by atoms with Gasteiger partial charge in [0.1, 0.15) is 17.2 Å². The largest absolute Gasteiger partial charge is 0.306 e. The molecule has 0 aliphatic carbocycles. The maximum Gasteiger partial charge on any atom is 0.264 e. The monoisotopic (exact) mass is 405 g/mol. The van der Waals surface area contributed by atoms with Crippen molar-refractivity contribution in [1.82, 2.24) is 19.7 Å². The summed E-state index contributed by atoms with van der Waals surface area (Å²) in [5, 5.41) is 7.72. The van der Waals surface area contributed by atoms with Gasteiger partial charge < -0.3 is 10.3 Å². The van der Waals surface area contributed by atoms with Crippen LogP contribution in [0.2, 0.25) is 5.02 Å². The molecule has 2 N–H and O–H groups in total. The first-order chi connectivity index (χ1) is 14.0. The normalized spacial score (nSPS) is 10.7. The van der Waals surface area contributed by atoms with Gasteiger partial charge in [0.2, 0.25) is 0 Å². The second kappa shape index (κ2) is 7.73. The first-order valence-corrected chi connectivity index (χ1v) is 9.18. The summed E-state index contributed by atoms with van der Waals surface area (Å²) < 4.78 is 1.61. The minimum atomic E-state index is -0.571. The molecule has 0 fully saturated rings. The van der Waals surface area contributed by atoms with Crippen molar-refractivity contribution < 1.29 is 4.79 Å². The molecule has 0 saturated heterocycles. The van der Waals surface area contributed by atoms with E-state index in [-0.39, 0.29) is 5.56 Å². The zero-order valence-electron chi connectivity index (χ0n) is 15.4. The lowest BCUT2D eigenvalue weighted by atomic mass is 10.2. The number of amides is 1. The summed E-state index contributed by atoms with van der Waals surface area (Å²) in [5.41, 5.74) is 1.58. The predicted octanol–water partition coefficient (Wildman–Crippen LogP) is 3.84. The SMILES string of the molecule is Cc1cc(NC(=O)c2cnc(-c3ccc(Cl)cc3)[nH]c2=O)n(-c2ccccc2)n1. The van der Waals surface area contributed by atoms with E-state index >= 15 is 0 Å². The molecule has 144 valence electrons. The van der Waals surface area contributed by atoms with Gasteiger partial charge in [0.05, 0.1) is 11.4 Å². The Bertz CT molecular complexity index is 1230. The number of hydrogen-bond acceptors (Lipinski definition) is 4. The highest BCUT2D eigenvalue weighted by Gasteiger charge is 2.16. The van der Waals surface area contributed by atoms with E-state index in [1.807, 2.05) is 37.3 Å². The Morgan fingerprint density at radius 1 is 1.10 bits per heavy atom. The average Bonchev–Trinajstić information content (AvgIpc) is 3.09. The number of para-hydroxylation sites is 1. The number of anilines is 1. The minimum absolute atomic E-state index is 0.0961. The van der Waals surface area contributed by atoms with Gasteiger partial charge in [-0.25, -0.2) is 9.67 Å². The van der Waals surface area contributed by atoms with Crippen LogP contribution in [0.5, 0.6) is 0 Å². The number of nitrogens with one attached hydrogen (secondary N) is 2. The first kappa shape index (κ1) is 18.6. The van der Waals surface area contributed by atoms with Crippen LogP contribution >= 0.6 is 11.6 Å². The van der Waals surface area contributed by atoms with E-state index < -0.39 is 11.5 Å². The lowest BCUT2D eigenvalue weighted by Crippen LogP contribution is -2.25. The Labute approximate surface area is 171 Å². The van der Waals surface area contributed by atoms with Crippen molar-refractivity contribution in [2.24, 2.45) is 0 Å². The van der Waals surface area contributed by atoms with Gasteiger partial charge in [-0.15, -0.1) is 0 Å². The molecule has 0 unspecified atom stereocenters. The highest BCUT2D eigenvalue weighted by molar-refractivity contribution is 6.30. The van der Waals surface area contributed by atoms with Gasteiger partial charge in [0.25, 0.3) is 11.5 Å². The van der Waals surface area contributed by atoms with Crippen LogP contribution in [0.25, 0.3) is 17.1 Å². The molecule has 7 nitrogen and oxygen atoms in total. The third-order valence-electron chi connectivity index (χ3n) is 4.24. The Hall–Kier alpha value is -3.71. The highest BCUT2D eigenvalue weighted by atomic mass is 35.5. The van der Waals surface area contributed by atoms with Crippen LogP contribution in [0.3, 0.4) is 0 Å². The number of H-pyrrole nitrogens is 1. The fourth-order valence-electron chi connectivity index (χ4n) is 2.85. The summed E-state index contributed by atoms with van der Waals surface area (Å²) in [5.74, 6) is 0.242. The van der Waals surface area contributed by atoms with Gasteiger partial charge in [-0.1, -0.05) is 29.8 Å². The summed E-state index contributed by atoms with van der Waals surface area (Å²) in [7, 11) is 0. The molecule has 8 heteroatoms. The quantitative estimate of drug-likeness (QED) is 0.539. The molecule has 2 aromatic carbocycles.